The zero-order valence-electron chi connectivity index (χ0n) is 26.9. The first-order valence-electron chi connectivity index (χ1n) is 16.7. The van der Waals surface area contributed by atoms with Crippen LogP contribution in [-0.2, 0) is 0 Å². The number of para-hydroxylation sites is 3. The standard InChI is InChI=1S/C45H28N4O/c1-2-11-29(12-3-1)31-13-10-14-32(27-31)44-46-43(47-45(48-44)33-23-26-38-37-17-6-9-20-41(37)50-42(38)28-33)30-21-24-34(25-22-30)49-39-18-7-4-15-35(39)36-16-5-8-19-40(36)49/h1-28H. The van der Waals surface area contributed by atoms with Gasteiger partial charge in [-0.1, -0.05) is 109 Å². The lowest BCUT2D eigenvalue weighted by atomic mass is 10.0. The molecule has 0 atom stereocenters. The molecule has 234 valence electrons. The number of hydrogen-bond acceptors (Lipinski definition) is 4. The Morgan fingerprint density at radius 1 is 0.340 bits per heavy atom. The largest absolute Gasteiger partial charge is 0.456 e. The van der Waals surface area contributed by atoms with Crippen LogP contribution in [-0.4, -0.2) is 19.5 Å². The van der Waals surface area contributed by atoms with Gasteiger partial charge in [-0.25, -0.2) is 15.0 Å². The molecule has 3 aromatic heterocycles. The SMILES string of the molecule is c1ccc(-c2cccc(-c3nc(-c4ccc(-n5c6ccccc6c6ccccc65)cc4)nc(-c4ccc5c(c4)oc4ccccc45)n3)c2)cc1. The van der Waals surface area contributed by atoms with Crippen molar-refractivity contribution in [2.24, 2.45) is 0 Å². The topological polar surface area (TPSA) is 56.7 Å². The normalized spacial score (nSPS) is 11.6. The lowest BCUT2D eigenvalue weighted by Crippen LogP contribution is -2.01. The van der Waals surface area contributed by atoms with Crippen molar-refractivity contribution in [1.29, 1.82) is 0 Å². The Morgan fingerprint density at radius 3 is 1.58 bits per heavy atom. The molecule has 0 saturated heterocycles. The van der Waals surface area contributed by atoms with Crippen molar-refractivity contribution in [3.63, 3.8) is 0 Å². The van der Waals surface area contributed by atoms with E-state index in [0.29, 0.717) is 17.5 Å². The summed E-state index contributed by atoms with van der Waals surface area (Å²) < 4.78 is 8.56. The Bertz CT molecular complexity index is 2810. The van der Waals surface area contributed by atoms with Gasteiger partial charge in [0.25, 0.3) is 0 Å². The van der Waals surface area contributed by atoms with Crippen LogP contribution >= 0.6 is 0 Å². The third-order valence-corrected chi connectivity index (χ3v) is 9.46. The molecular formula is C45H28N4O. The van der Waals surface area contributed by atoms with E-state index in [1.807, 2.05) is 30.3 Å². The molecule has 3 heterocycles. The van der Waals surface area contributed by atoms with E-state index < -0.39 is 0 Å². The molecule has 50 heavy (non-hydrogen) atoms. The molecule has 10 rings (SSSR count). The Morgan fingerprint density at radius 2 is 0.860 bits per heavy atom. The molecular weight excluding hydrogens is 613 g/mol. The van der Waals surface area contributed by atoms with Gasteiger partial charge in [-0.3, -0.25) is 0 Å². The van der Waals surface area contributed by atoms with Gasteiger partial charge in [-0.15, -0.1) is 0 Å². The summed E-state index contributed by atoms with van der Waals surface area (Å²) in [6, 6.07) is 58.7. The van der Waals surface area contributed by atoms with Gasteiger partial charge in [0, 0.05) is 43.9 Å². The number of nitrogens with zero attached hydrogens (tertiary/aromatic N) is 4. The highest BCUT2D eigenvalue weighted by atomic mass is 16.3. The Balaban J connectivity index is 1.12. The van der Waals surface area contributed by atoms with E-state index in [1.54, 1.807) is 0 Å². The molecule has 0 aliphatic carbocycles. The van der Waals surface area contributed by atoms with Crippen molar-refractivity contribution in [1.82, 2.24) is 19.5 Å². The third kappa shape index (κ3) is 4.67. The number of benzene rings is 7. The summed E-state index contributed by atoms with van der Waals surface area (Å²) in [7, 11) is 0. The van der Waals surface area contributed by atoms with Crippen molar-refractivity contribution in [2.75, 3.05) is 0 Å². The Labute approximate surface area is 287 Å². The van der Waals surface area contributed by atoms with E-state index in [1.165, 1.54) is 21.8 Å². The van der Waals surface area contributed by atoms with Gasteiger partial charge >= 0.3 is 0 Å². The molecule has 0 aliphatic rings. The van der Waals surface area contributed by atoms with Crippen molar-refractivity contribution in [2.45, 2.75) is 0 Å². The highest BCUT2D eigenvalue weighted by molar-refractivity contribution is 6.09. The van der Waals surface area contributed by atoms with Crippen molar-refractivity contribution < 1.29 is 4.42 Å². The van der Waals surface area contributed by atoms with Gasteiger partial charge in [0.2, 0.25) is 0 Å². The smallest absolute Gasteiger partial charge is 0.164 e. The first kappa shape index (κ1) is 28.2. The molecule has 0 saturated carbocycles. The molecule has 0 spiro atoms. The molecule has 0 unspecified atom stereocenters. The van der Waals surface area contributed by atoms with Crippen LogP contribution in [0.3, 0.4) is 0 Å². The van der Waals surface area contributed by atoms with Crippen LogP contribution < -0.4 is 0 Å². The van der Waals surface area contributed by atoms with E-state index in [2.05, 4.69) is 144 Å². The van der Waals surface area contributed by atoms with Crippen LogP contribution in [0.2, 0.25) is 0 Å². The molecule has 0 amide bonds. The molecule has 0 aliphatic heterocycles. The van der Waals surface area contributed by atoms with Crippen molar-refractivity contribution in [3.8, 4) is 51.0 Å². The minimum atomic E-state index is 0.587. The fourth-order valence-corrected chi connectivity index (χ4v) is 7.06. The predicted octanol–water partition coefficient (Wildman–Crippen LogP) is 11.5. The van der Waals surface area contributed by atoms with Crippen LogP contribution in [0.1, 0.15) is 0 Å². The average molecular weight is 641 g/mol. The van der Waals surface area contributed by atoms with E-state index in [9.17, 15) is 0 Å². The van der Waals surface area contributed by atoms with Crippen LogP contribution in [0.5, 0.6) is 0 Å². The molecule has 0 fully saturated rings. The van der Waals surface area contributed by atoms with Crippen LogP contribution in [0, 0.1) is 0 Å². The number of hydrogen-bond donors (Lipinski definition) is 0. The van der Waals surface area contributed by atoms with Gasteiger partial charge in [-0.05, 0) is 71.8 Å². The number of rotatable bonds is 5. The lowest BCUT2D eigenvalue weighted by molar-refractivity contribution is 0.669. The Kier molecular flexibility index (Phi) is 6.42. The zero-order chi connectivity index (χ0) is 33.0. The minimum Gasteiger partial charge on any atom is -0.456 e. The van der Waals surface area contributed by atoms with Crippen LogP contribution in [0.15, 0.2) is 174 Å². The zero-order valence-corrected chi connectivity index (χ0v) is 26.9. The molecule has 0 radical (unpaired) electrons. The lowest BCUT2D eigenvalue weighted by Gasteiger charge is -2.11. The van der Waals surface area contributed by atoms with Gasteiger partial charge in [0.15, 0.2) is 17.5 Å². The average Bonchev–Trinajstić information content (AvgIpc) is 3.74. The maximum atomic E-state index is 6.25. The molecule has 10 aromatic rings. The predicted molar refractivity (Wildman–Crippen MR) is 203 cm³/mol. The summed E-state index contributed by atoms with van der Waals surface area (Å²) in [5.74, 6) is 1.80. The second-order valence-corrected chi connectivity index (χ2v) is 12.5. The van der Waals surface area contributed by atoms with Gasteiger partial charge < -0.3 is 8.98 Å². The number of fused-ring (bicyclic) bond motifs is 6. The molecule has 5 heteroatoms. The monoisotopic (exact) mass is 640 g/mol. The third-order valence-electron chi connectivity index (χ3n) is 9.46. The van der Waals surface area contributed by atoms with Gasteiger partial charge in [0.05, 0.1) is 11.0 Å². The van der Waals surface area contributed by atoms with Gasteiger partial charge in [-0.2, -0.15) is 0 Å². The first-order valence-corrected chi connectivity index (χ1v) is 16.7. The van der Waals surface area contributed by atoms with E-state index in [0.717, 1.165) is 55.4 Å². The molecule has 0 bridgehead atoms. The van der Waals surface area contributed by atoms with Crippen LogP contribution in [0.25, 0.3) is 94.7 Å². The summed E-state index contributed by atoms with van der Waals surface area (Å²) in [6.07, 6.45) is 0. The van der Waals surface area contributed by atoms with Crippen LogP contribution in [0.4, 0.5) is 0 Å². The van der Waals surface area contributed by atoms with Crippen molar-refractivity contribution >= 4 is 43.7 Å². The van der Waals surface area contributed by atoms with Gasteiger partial charge in [0.1, 0.15) is 11.2 Å². The summed E-state index contributed by atoms with van der Waals surface area (Å²) >= 11 is 0. The molecule has 0 N–H and O–H groups in total. The fourth-order valence-electron chi connectivity index (χ4n) is 7.06. The second-order valence-electron chi connectivity index (χ2n) is 12.5. The quantitative estimate of drug-likeness (QED) is 0.188. The van der Waals surface area contributed by atoms with Crippen molar-refractivity contribution in [3.05, 3.63) is 170 Å². The molecule has 5 nitrogen and oxygen atoms in total. The maximum Gasteiger partial charge on any atom is 0.164 e. The van der Waals surface area contributed by atoms with E-state index >= 15 is 0 Å². The number of aromatic nitrogens is 4. The first-order chi connectivity index (χ1) is 24.8. The second kappa shape index (κ2) is 11.4. The summed E-state index contributed by atoms with van der Waals surface area (Å²) in [6.45, 7) is 0. The highest BCUT2D eigenvalue weighted by Gasteiger charge is 2.16. The minimum absolute atomic E-state index is 0.587. The highest BCUT2D eigenvalue weighted by Crippen LogP contribution is 2.35. The fraction of sp³-hybridized carbons (Fsp3) is 0. The Hall–Kier alpha value is -6.85. The summed E-state index contributed by atoms with van der Waals surface area (Å²) in [5.41, 5.74) is 10.0. The number of furan rings is 1. The maximum absolute atomic E-state index is 6.25. The summed E-state index contributed by atoms with van der Waals surface area (Å²) in [4.78, 5) is 15.2. The summed E-state index contributed by atoms with van der Waals surface area (Å²) in [5, 5.41) is 4.62. The van der Waals surface area contributed by atoms with E-state index in [4.69, 9.17) is 19.4 Å². The van der Waals surface area contributed by atoms with E-state index in [-0.39, 0.29) is 0 Å². The molecule has 7 aromatic carbocycles.